The van der Waals surface area contributed by atoms with Crippen molar-refractivity contribution in [2.75, 3.05) is 20.2 Å². The third kappa shape index (κ3) is 11.3. The predicted octanol–water partition coefficient (Wildman–Crippen LogP) is 1.39. The highest BCUT2D eigenvalue weighted by Gasteiger charge is 1.95. The average Bonchev–Trinajstić information content (AvgIpc) is 2.43. The van der Waals surface area contributed by atoms with Crippen molar-refractivity contribution >= 4 is 6.29 Å². The van der Waals surface area contributed by atoms with Gasteiger partial charge >= 0.3 is 0 Å². The quantitative estimate of drug-likeness (QED) is 0.711. The molecule has 0 aliphatic heterocycles. The summed E-state index contributed by atoms with van der Waals surface area (Å²) in [4.78, 5) is 10.1. The van der Waals surface area contributed by atoms with E-state index in [1.54, 1.807) is 7.05 Å². The molecule has 4 heteroatoms. The zero-order chi connectivity index (χ0) is 14.4. The largest absolute Gasteiger partial charge is 0.394 e. The van der Waals surface area contributed by atoms with Crippen molar-refractivity contribution in [1.82, 2.24) is 5.32 Å². The Labute approximate surface area is 110 Å². The fourth-order valence-electron chi connectivity index (χ4n) is 0.945. The summed E-state index contributed by atoms with van der Waals surface area (Å²) in [6.07, 6.45) is 0.240. The van der Waals surface area contributed by atoms with Gasteiger partial charge in [-0.15, -0.1) is 0 Å². The summed E-state index contributed by atoms with van der Waals surface area (Å²) in [6.45, 7) is 6.28. The van der Waals surface area contributed by atoms with E-state index in [4.69, 9.17) is 10.2 Å². The molecule has 0 heterocycles. The number of carbonyl (C=O) groups is 1. The summed E-state index contributed by atoms with van der Waals surface area (Å²) < 4.78 is 0. The number of rotatable bonds is 4. The van der Waals surface area contributed by atoms with Crippen LogP contribution in [-0.4, -0.2) is 42.8 Å². The van der Waals surface area contributed by atoms with E-state index in [-0.39, 0.29) is 6.61 Å². The molecule has 1 aromatic carbocycles. The molecule has 0 bridgehead atoms. The zero-order valence-corrected chi connectivity index (χ0v) is 11.7. The first-order valence-electron chi connectivity index (χ1n) is 6.09. The van der Waals surface area contributed by atoms with Gasteiger partial charge in [0.05, 0.1) is 12.7 Å². The van der Waals surface area contributed by atoms with Crippen LogP contribution in [0.4, 0.5) is 0 Å². The zero-order valence-electron chi connectivity index (χ0n) is 11.7. The molecule has 0 aromatic heterocycles. The Morgan fingerprint density at radius 3 is 2.06 bits per heavy atom. The lowest BCUT2D eigenvalue weighted by atomic mass is 10.2. The first-order chi connectivity index (χ1) is 8.63. The number of aldehydes is 1. The molecule has 1 aromatic rings. The normalized spacial score (nSPS) is 10.3. The van der Waals surface area contributed by atoms with Gasteiger partial charge in [0.15, 0.2) is 0 Å². The van der Waals surface area contributed by atoms with Crippen LogP contribution in [-0.2, 0) is 0 Å². The molecular formula is C14H25NO3. The fourth-order valence-corrected chi connectivity index (χ4v) is 0.945. The van der Waals surface area contributed by atoms with E-state index >= 15 is 0 Å². The SMILES string of the molecule is CC.CNC[C@H](O)CO.Cc1ccc(C=O)cc1. The van der Waals surface area contributed by atoms with Crippen molar-refractivity contribution in [3.05, 3.63) is 35.4 Å². The molecule has 0 amide bonds. The molecule has 104 valence electrons. The molecule has 3 N–H and O–H groups in total. The highest BCUT2D eigenvalue weighted by molar-refractivity contribution is 5.74. The minimum absolute atomic E-state index is 0.166. The van der Waals surface area contributed by atoms with Crippen LogP contribution in [0.2, 0.25) is 0 Å². The lowest BCUT2D eigenvalue weighted by Crippen LogP contribution is -2.26. The smallest absolute Gasteiger partial charge is 0.150 e. The summed E-state index contributed by atoms with van der Waals surface area (Å²) in [5.41, 5.74) is 1.92. The molecule has 0 aliphatic rings. The second-order valence-corrected chi connectivity index (χ2v) is 3.42. The van der Waals surface area contributed by atoms with Gasteiger partial charge < -0.3 is 15.5 Å². The summed E-state index contributed by atoms with van der Waals surface area (Å²) >= 11 is 0. The van der Waals surface area contributed by atoms with Crippen LogP contribution in [0.25, 0.3) is 0 Å². The maximum atomic E-state index is 10.1. The highest BCUT2D eigenvalue weighted by atomic mass is 16.3. The molecule has 0 aliphatic carbocycles. The minimum Gasteiger partial charge on any atom is -0.394 e. The number of aliphatic hydroxyl groups excluding tert-OH is 2. The molecule has 4 nitrogen and oxygen atoms in total. The molecule has 18 heavy (non-hydrogen) atoms. The number of aryl methyl sites for hydroxylation is 1. The van der Waals surface area contributed by atoms with Gasteiger partial charge in [0.1, 0.15) is 6.29 Å². The summed E-state index contributed by atoms with van der Waals surface area (Å²) in [6, 6.07) is 7.46. The highest BCUT2D eigenvalue weighted by Crippen LogP contribution is 1.98. The van der Waals surface area contributed by atoms with E-state index in [0.717, 1.165) is 11.8 Å². The molecule has 0 fully saturated rings. The van der Waals surface area contributed by atoms with Crippen LogP contribution in [0.5, 0.6) is 0 Å². The van der Waals surface area contributed by atoms with Gasteiger partial charge in [-0.1, -0.05) is 43.7 Å². The number of nitrogens with one attached hydrogen (secondary N) is 1. The van der Waals surface area contributed by atoms with Gasteiger partial charge in [0.2, 0.25) is 0 Å². The van der Waals surface area contributed by atoms with Crippen molar-refractivity contribution in [1.29, 1.82) is 0 Å². The van der Waals surface area contributed by atoms with Crippen LogP contribution >= 0.6 is 0 Å². The van der Waals surface area contributed by atoms with Gasteiger partial charge in [0, 0.05) is 12.1 Å². The number of carbonyl (C=O) groups excluding carboxylic acids is 1. The molecular weight excluding hydrogens is 230 g/mol. The summed E-state index contributed by atoms with van der Waals surface area (Å²) in [7, 11) is 1.72. The summed E-state index contributed by atoms with van der Waals surface area (Å²) in [5, 5.41) is 19.4. The Hall–Kier alpha value is -1.23. The van der Waals surface area contributed by atoms with Crippen molar-refractivity contribution in [3.8, 4) is 0 Å². The predicted molar refractivity (Wildman–Crippen MR) is 74.9 cm³/mol. The second-order valence-electron chi connectivity index (χ2n) is 3.42. The van der Waals surface area contributed by atoms with Crippen molar-refractivity contribution < 1.29 is 15.0 Å². The van der Waals surface area contributed by atoms with Crippen molar-refractivity contribution in [2.45, 2.75) is 26.9 Å². The standard InChI is InChI=1S/C8H8O.C4H11NO2.C2H6/c1-7-2-4-8(6-9)5-3-7;1-5-2-4(7)3-6;1-2/h2-6H,1H3;4-7H,2-3H2,1H3;1-2H3/t;4-;/m.0./s1. The van der Waals surface area contributed by atoms with Gasteiger partial charge in [-0.2, -0.15) is 0 Å². The maximum Gasteiger partial charge on any atom is 0.150 e. The molecule has 0 saturated heterocycles. The van der Waals surface area contributed by atoms with E-state index < -0.39 is 6.10 Å². The van der Waals surface area contributed by atoms with Crippen molar-refractivity contribution in [2.24, 2.45) is 0 Å². The first kappa shape index (κ1) is 19.1. The fraction of sp³-hybridized carbons (Fsp3) is 0.500. The Bertz CT molecular complexity index is 286. The van der Waals surface area contributed by atoms with Crippen LogP contribution < -0.4 is 5.32 Å². The lowest BCUT2D eigenvalue weighted by Gasteiger charge is -2.02. The van der Waals surface area contributed by atoms with Crippen molar-refractivity contribution in [3.63, 3.8) is 0 Å². The lowest BCUT2D eigenvalue weighted by molar-refractivity contribution is 0.0961. The van der Waals surface area contributed by atoms with Crippen LogP contribution in [0.1, 0.15) is 29.8 Å². The van der Waals surface area contributed by atoms with Crippen LogP contribution in [0, 0.1) is 6.92 Å². The third-order valence-corrected chi connectivity index (χ3v) is 1.86. The van der Waals surface area contributed by atoms with E-state index in [0.29, 0.717) is 6.54 Å². The number of likely N-dealkylation sites (N-methyl/N-ethyl adjacent to an activating group) is 1. The Kier molecular flexibility index (Phi) is 14.7. The molecule has 1 rings (SSSR count). The van der Waals surface area contributed by atoms with E-state index in [9.17, 15) is 4.79 Å². The average molecular weight is 255 g/mol. The molecule has 1 atom stereocenters. The van der Waals surface area contributed by atoms with Crippen LogP contribution in [0.3, 0.4) is 0 Å². The first-order valence-corrected chi connectivity index (χ1v) is 6.09. The molecule has 0 spiro atoms. The van der Waals surface area contributed by atoms with Gasteiger partial charge in [-0.05, 0) is 14.0 Å². The van der Waals surface area contributed by atoms with E-state index in [1.165, 1.54) is 5.56 Å². The molecule has 0 radical (unpaired) electrons. The molecule has 0 saturated carbocycles. The van der Waals surface area contributed by atoms with Gasteiger partial charge in [0.25, 0.3) is 0 Å². The minimum atomic E-state index is -0.606. The maximum absolute atomic E-state index is 10.1. The number of aliphatic hydroxyl groups is 2. The van der Waals surface area contributed by atoms with Crippen LogP contribution in [0.15, 0.2) is 24.3 Å². The Balaban J connectivity index is 0. The summed E-state index contributed by atoms with van der Waals surface area (Å²) in [5.74, 6) is 0. The Morgan fingerprint density at radius 1 is 1.28 bits per heavy atom. The Morgan fingerprint density at radius 2 is 1.78 bits per heavy atom. The number of benzene rings is 1. The monoisotopic (exact) mass is 255 g/mol. The second kappa shape index (κ2) is 13.8. The van der Waals surface area contributed by atoms with E-state index in [2.05, 4.69) is 5.32 Å². The van der Waals surface area contributed by atoms with Gasteiger partial charge in [-0.3, -0.25) is 4.79 Å². The third-order valence-electron chi connectivity index (χ3n) is 1.86. The van der Waals surface area contributed by atoms with Gasteiger partial charge in [-0.25, -0.2) is 0 Å². The van der Waals surface area contributed by atoms with E-state index in [1.807, 2.05) is 45.0 Å². The topological polar surface area (TPSA) is 69.6 Å². The number of hydrogen-bond acceptors (Lipinski definition) is 4. The molecule has 0 unspecified atom stereocenters. The number of hydrogen-bond donors (Lipinski definition) is 3.